The number of hydrogen-bond donors (Lipinski definition) is 0. The number of halogens is 4. The molecule has 0 atom stereocenters. The first kappa shape index (κ1) is 25.9. The topological polar surface area (TPSA) is 57.2 Å². The highest BCUT2D eigenvalue weighted by Crippen LogP contribution is 2.22. The molecule has 0 spiro atoms. The first-order valence-corrected chi connectivity index (χ1v) is 12.4. The average Bonchev–Trinajstić information content (AvgIpc) is 2.53. The molecule has 0 aliphatic carbocycles. The Kier molecular flexibility index (Phi) is 8.35. The molecule has 0 saturated carbocycles. The molecule has 0 radical (unpaired) electrons. The highest BCUT2D eigenvalue weighted by molar-refractivity contribution is 7.86. The van der Waals surface area contributed by atoms with Gasteiger partial charge in [0, 0.05) is 0 Å². The van der Waals surface area contributed by atoms with Crippen molar-refractivity contribution in [1.29, 1.82) is 0 Å². The molecule has 0 amide bonds. The molecule has 0 heterocycles. The zero-order valence-corrected chi connectivity index (χ0v) is 20.2. The number of alkyl halides is 3. The van der Waals surface area contributed by atoms with Gasteiger partial charge in [0.25, 0.3) is 0 Å². The van der Waals surface area contributed by atoms with E-state index in [-0.39, 0.29) is 32.0 Å². The van der Waals surface area contributed by atoms with Gasteiger partial charge in [0.1, 0.15) is 0 Å². The lowest BCUT2D eigenvalue weighted by molar-refractivity contribution is -0.597. The molecule has 0 fully saturated rings. The lowest BCUT2D eigenvalue weighted by Crippen LogP contribution is -3.61. The molecular formula is C21H26F3IO3S. The minimum Gasteiger partial charge on any atom is -0.741 e. The van der Waals surface area contributed by atoms with E-state index < -0.39 is 15.6 Å². The van der Waals surface area contributed by atoms with Gasteiger partial charge in [-0.3, -0.25) is 0 Å². The molecule has 0 bridgehead atoms. The molecule has 8 heteroatoms. The van der Waals surface area contributed by atoms with Crippen LogP contribution in [0.15, 0.2) is 48.5 Å². The third kappa shape index (κ3) is 8.64. The molecule has 0 unspecified atom stereocenters. The lowest BCUT2D eigenvalue weighted by Gasteiger charge is -2.18. The standard InChI is InChI=1S/C20H26I.CHF3O3S/c1-19(2,3)15-7-11-17(12-8-15)21-18-13-9-16(10-14-18)20(4,5)6;2-1(3,4)8(5,6)7/h7-14H,1-6H3;(H,5,6,7)/q+1;/p-1. The molecule has 0 aliphatic rings. The van der Waals surface area contributed by atoms with Crippen LogP contribution in [0.4, 0.5) is 13.2 Å². The fourth-order valence-corrected chi connectivity index (χ4v) is 4.31. The summed E-state index contributed by atoms with van der Waals surface area (Å²) in [4.78, 5) is 0. The Bertz CT molecular complexity index is 835. The second-order valence-electron chi connectivity index (χ2n) is 8.51. The van der Waals surface area contributed by atoms with Gasteiger partial charge in [0.05, 0.1) is 0 Å². The number of benzene rings is 2. The van der Waals surface area contributed by atoms with Gasteiger partial charge < -0.3 is 4.55 Å². The summed E-state index contributed by atoms with van der Waals surface area (Å²) in [6.07, 6.45) is 0. The van der Waals surface area contributed by atoms with Gasteiger partial charge in [-0.25, -0.2) is 8.42 Å². The van der Waals surface area contributed by atoms with E-state index >= 15 is 0 Å². The Hall–Kier alpha value is -1.13. The summed E-state index contributed by atoms with van der Waals surface area (Å²) in [6.45, 7) is 13.6. The Balaban J connectivity index is 0.000000447. The van der Waals surface area contributed by atoms with E-state index in [0.717, 1.165) is 0 Å². The molecular weight excluding hydrogens is 516 g/mol. The summed E-state index contributed by atoms with van der Waals surface area (Å²) in [5.41, 5.74) is -2.33. The third-order valence-electron chi connectivity index (χ3n) is 3.92. The van der Waals surface area contributed by atoms with Gasteiger partial charge in [-0.1, -0.05) is 65.8 Å². The van der Waals surface area contributed by atoms with E-state index in [1.807, 2.05) is 0 Å². The van der Waals surface area contributed by atoms with Crippen molar-refractivity contribution in [3.05, 3.63) is 66.8 Å². The molecule has 0 aromatic heterocycles. The van der Waals surface area contributed by atoms with Crippen molar-refractivity contribution >= 4 is 10.1 Å². The highest BCUT2D eigenvalue weighted by Gasteiger charge is 2.36. The predicted octanol–water partition coefficient (Wildman–Crippen LogP) is 2.46. The fourth-order valence-electron chi connectivity index (χ4n) is 2.15. The zero-order chi connectivity index (χ0) is 22.7. The van der Waals surface area contributed by atoms with Crippen molar-refractivity contribution in [3.63, 3.8) is 0 Å². The van der Waals surface area contributed by atoms with Crippen LogP contribution in [0.2, 0.25) is 0 Å². The summed E-state index contributed by atoms with van der Waals surface area (Å²) in [7, 11) is -6.09. The van der Waals surface area contributed by atoms with Crippen LogP contribution in [0, 0.1) is 7.14 Å². The molecule has 162 valence electrons. The van der Waals surface area contributed by atoms with E-state index in [1.165, 1.54) is 18.3 Å². The van der Waals surface area contributed by atoms with Crippen LogP contribution in [-0.2, 0) is 20.9 Å². The Morgan fingerprint density at radius 3 is 1.10 bits per heavy atom. The van der Waals surface area contributed by atoms with Gasteiger partial charge in [0.15, 0.2) is 17.3 Å². The van der Waals surface area contributed by atoms with Crippen molar-refractivity contribution in [2.24, 2.45) is 0 Å². The van der Waals surface area contributed by atoms with Crippen LogP contribution in [0.5, 0.6) is 0 Å². The molecule has 2 aromatic rings. The van der Waals surface area contributed by atoms with Crippen molar-refractivity contribution in [2.75, 3.05) is 0 Å². The SMILES string of the molecule is CC(C)(C)c1ccc([I+]c2ccc(C(C)(C)C)cc2)cc1.O=S(=O)([O-])C(F)(F)F. The van der Waals surface area contributed by atoms with Crippen LogP contribution in [-0.4, -0.2) is 18.5 Å². The van der Waals surface area contributed by atoms with E-state index in [2.05, 4.69) is 90.1 Å². The zero-order valence-electron chi connectivity index (χ0n) is 17.3. The molecule has 2 rings (SSSR count). The van der Waals surface area contributed by atoms with Gasteiger partial charge in [0.2, 0.25) is 0 Å². The maximum Gasteiger partial charge on any atom is 0.485 e. The Morgan fingerprint density at radius 1 is 0.690 bits per heavy atom. The normalized spacial score (nSPS) is 12.9. The minimum absolute atomic E-state index is 0.0703. The summed E-state index contributed by atoms with van der Waals surface area (Å²) in [6, 6.07) is 18.4. The summed E-state index contributed by atoms with van der Waals surface area (Å²) in [5, 5.41) is 0. The van der Waals surface area contributed by atoms with Crippen LogP contribution in [0.3, 0.4) is 0 Å². The predicted molar refractivity (Wildman–Crippen MR) is 103 cm³/mol. The van der Waals surface area contributed by atoms with Gasteiger partial charge >= 0.3 is 26.7 Å². The van der Waals surface area contributed by atoms with Crippen LogP contribution >= 0.6 is 0 Å². The van der Waals surface area contributed by atoms with Crippen molar-refractivity contribution in [1.82, 2.24) is 0 Å². The number of hydrogen-bond acceptors (Lipinski definition) is 3. The molecule has 29 heavy (non-hydrogen) atoms. The fraction of sp³-hybridized carbons (Fsp3) is 0.429. The maximum absolute atomic E-state index is 10.7. The molecule has 3 nitrogen and oxygen atoms in total. The van der Waals surface area contributed by atoms with E-state index in [0.29, 0.717) is 0 Å². The molecule has 0 aliphatic heterocycles. The van der Waals surface area contributed by atoms with Crippen LogP contribution < -0.4 is 21.2 Å². The lowest BCUT2D eigenvalue weighted by atomic mass is 9.87. The Morgan fingerprint density at radius 2 is 0.931 bits per heavy atom. The van der Waals surface area contributed by atoms with Crippen LogP contribution in [0.25, 0.3) is 0 Å². The van der Waals surface area contributed by atoms with E-state index in [1.54, 1.807) is 0 Å². The maximum atomic E-state index is 10.7. The first-order chi connectivity index (χ1) is 12.9. The second-order valence-corrected chi connectivity index (χ2v) is 12.9. The molecule has 0 saturated heterocycles. The highest BCUT2D eigenvalue weighted by atomic mass is 127. The van der Waals surface area contributed by atoms with Crippen molar-refractivity contribution in [2.45, 2.75) is 57.9 Å². The number of rotatable bonds is 2. The monoisotopic (exact) mass is 542 g/mol. The first-order valence-electron chi connectivity index (χ1n) is 8.79. The quantitative estimate of drug-likeness (QED) is 0.333. The third-order valence-corrected chi connectivity index (χ3v) is 7.17. The summed E-state index contributed by atoms with van der Waals surface area (Å²) in [5.74, 6) is 0. The summed E-state index contributed by atoms with van der Waals surface area (Å²) >= 11 is -0.0703. The molecule has 2 aromatic carbocycles. The van der Waals surface area contributed by atoms with Gasteiger partial charge in [-0.15, -0.1) is 0 Å². The van der Waals surface area contributed by atoms with Crippen molar-refractivity contribution in [3.8, 4) is 0 Å². The van der Waals surface area contributed by atoms with E-state index in [4.69, 9.17) is 13.0 Å². The average molecular weight is 542 g/mol. The summed E-state index contributed by atoms with van der Waals surface area (Å²) < 4.78 is 61.9. The Labute approximate surface area is 181 Å². The van der Waals surface area contributed by atoms with Crippen LogP contribution in [0.1, 0.15) is 52.7 Å². The smallest absolute Gasteiger partial charge is 0.485 e. The minimum atomic E-state index is -6.09. The van der Waals surface area contributed by atoms with Gasteiger partial charge in [-0.05, 0) is 46.2 Å². The van der Waals surface area contributed by atoms with Crippen molar-refractivity contribution < 1.29 is 47.3 Å². The largest absolute Gasteiger partial charge is 0.741 e. The second kappa shape index (κ2) is 9.34. The van der Waals surface area contributed by atoms with E-state index in [9.17, 15) is 13.2 Å². The molecule has 0 N–H and O–H groups in total. The van der Waals surface area contributed by atoms with Gasteiger partial charge in [-0.2, -0.15) is 13.2 Å².